The molecule has 1 fully saturated rings. The number of ether oxygens (including phenoxy) is 2. The number of carbonyl (C=O) groups excluding carboxylic acids is 1. The van der Waals surface area contributed by atoms with Gasteiger partial charge in [0, 0.05) is 12.7 Å². The van der Waals surface area contributed by atoms with Crippen LogP contribution in [0.25, 0.3) is 0 Å². The number of amides is 2. The quantitative estimate of drug-likeness (QED) is 0.789. The van der Waals surface area contributed by atoms with E-state index in [1.165, 1.54) is 4.90 Å². The number of hydrogen-bond donors (Lipinski definition) is 2. The molecule has 1 aromatic rings. The predicted molar refractivity (Wildman–Crippen MR) is 84.2 cm³/mol. The zero-order valence-corrected chi connectivity index (χ0v) is 13.1. The van der Waals surface area contributed by atoms with E-state index in [2.05, 4.69) is 12.2 Å². The zero-order chi connectivity index (χ0) is 15.9. The van der Waals surface area contributed by atoms with Gasteiger partial charge in [-0.1, -0.05) is 13.3 Å². The first kappa shape index (κ1) is 16.6. The van der Waals surface area contributed by atoms with Crippen LogP contribution in [0.5, 0.6) is 5.75 Å². The molecule has 0 radical (unpaired) electrons. The first-order valence-electron chi connectivity index (χ1n) is 7.64. The molecule has 1 saturated heterocycles. The minimum absolute atomic E-state index is 0.269. The number of rotatable bonds is 6. The van der Waals surface area contributed by atoms with Gasteiger partial charge in [-0.25, -0.2) is 4.79 Å². The van der Waals surface area contributed by atoms with Crippen molar-refractivity contribution < 1.29 is 19.4 Å². The molecule has 22 heavy (non-hydrogen) atoms. The third-order valence-corrected chi connectivity index (χ3v) is 3.71. The molecule has 2 rings (SSSR count). The van der Waals surface area contributed by atoms with Crippen LogP contribution in [0.2, 0.25) is 0 Å². The van der Waals surface area contributed by atoms with Crippen LogP contribution in [-0.4, -0.2) is 55.1 Å². The summed E-state index contributed by atoms with van der Waals surface area (Å²) in [6.45, 7) is 3.44. The highest BCUT2D eigenvalue weighted by molar-refractivity contribution is 5.89. The first-order chi connectivity index (χ1) is 10.6. The van der Waals surface area contributed by atoms with Crippen molar-refractivity contribution in [3.63, 3.8) is 0 Å². The van der Waals surface area contributed by atoms with Crippen molar-refractivity contribution in [2.75, 3.05) is 32.2 Å². The highest BCUT2D eigenvalue weighted by Gasteiger charge is 2.32. The second-order valence-electron chi connectivity index (χ2n) is 5.44. The normalized spacial score (nSPS) is 20.7. The lowest BCUT2D eigenvalue weighted by Crippen LogP contribution is -2.45. The minimum Gasteiger partial charge on any atom is -0.494 e. The number of hydrogen-bond acceptors (Lipinski definition) is 4. The maximum Gasteiger partial charge on any atom is 0.322 e. The van der Waals surface area contributed by atoms with Gasteiger partial charge in [-0.15, -0.1) is 0 Å². The molecule has 0 bridgehead atoms. The molecular formula is C16H24N2O4. The van der Waals surface area contributed by atoms with Gasteiger partial charge in [0.15, 0.2) is 0 Å². The Morgan fingerprint density at radius 2 is 2.14 bits per heavy atom. The lowest BCUT2D eigenvalue weighted by molar-refractivity contribution is 0.106. The van der Waals surface area contributed by atoms with Crippen molar-refractivity contribution in [3.05, 3.63) is 24.3 Å². The van der Waals surface area contributed by atoms with Crippen molar-refractivity contribution in [1.82, 2.24) is 4.90 Å². The summed E-state index contributed by atoms with van der Waals surface area (Å²) in [5, 5.41) is 12.5. The second kappa shape index (κ2) is 8.00. The van der Waals surface area contributed by atoms with Crippen LogP contribution in [0.3, 0.4) is 0 Å². The maximum absolute atomic E-state index is 12.2. The summed E-state index contributed by atoms with van der Waals surface area (Å²) in [4.78, 5) is 13.6. The fourth-order valence-corrected chi connectivity index (χ4v) is 2.23. The monoisotopic (exact) mass is 308 g/mol. The van der Waals surface area contributed by atoms with Crippen molar-refractivity contribution in [1.29, 1.82) is 0 Å². The molecule has 0 spiro atoms. The van der Waals surface area contributed by atoms with E-state index in [1.807, 2.05) is 12.1 Å². The van der Waals surface area contributed by atoms with E-state index in [4.69, 9.17) is 9.47 Å². The van der Waals surface area contributed by atoms with Crippen molar-refractivity contribution in [2.24, 2.45) is 0 Å². The average molecular weight is 308 g/mol. The van der Waals surface area contributed by atoms with E-state index in [-0.39, 0.29) is 18.7 Å². The van der Waals surface area contributed by atoms with E-state index < -0.39 is 6.10 Å². The Morgan fingerprint density at radius 1 is 1.41 bits per heavy atom. The molecule has 2 amide bonds. The Morgan fingerprint density at radius 3 is 2.73 bits per heavy atom. The van der Waals surface area contributed by atoms with Gasteiger partial charge in [0.1, 0.15) is 5.75 Å². The molecule has 122 valence electrons. The average Bonchev–Trinajstić information content (AvgIpc) is 2.94. The molecule has 1 heterocycles. The number of aliphatic hydroxyl groups excluding tert-OH is 1. The van der Waals surface area contributed by atoms with Crippen LogP contribution >= 0.6 is 0 Å². The van der Waals surface area contributed by atoms with Crippen LogP contribution < -0.4 is 10.1 Å². The Kier molecular flexibility index (Phi) is 6.03. The number of unbranched alkanes of at least 4 members (excludes halogenated alkanes) is 1. The van der Waals surface area contributed by atoms with E-state index in [9.17, 15) is 9.90 Å². The molecule has 1 aromatic carbocycles. The molecule has 2 N–H and O–H groups in total. The number of benzene rings is 1. The summed E-state index contributed by atoms with van der Waals surface area (Å²) in [6.07, 6.45) is 1.48. The SMILES string of the molecule is CCCCOc1ccc(NC(=O)N(C)[C@H]2COC[C@@H]2O)cc1. The topological polar surface area (TPSA) is 71.0 Å². The van der Waals surface area contributed by atoms with Gasteiger partial charge in [0.2, 0.25) is 0 Å². The molecule has 2 atom stereocenters. The van der Waals surface area contributed by atoms with Crippen molar-refractivity contribution in [3.8, 4) is 5.75 Å². The molecule has 0 saturated carbocycles. The maximum atomic E-state index is 12.2. The standard InChI is InChI=1S/C16H24N2O4/c1-3-4-9-22-13-7-5-12(6-8-13)17-16(20)18(2)14-10-21-11-15(14)19/h5-8,14-15,19H,3-4,9-11H2,1-2H3,(H,17,20)/t14-,15-/m0/s1. The molecule has 1 aliphatic heterocycles. The fourth-order valence-electron chi connectivity index (χ4n) is 2.23. The second-order valence-corrected chi connectivity index (χ2v) is 5.44. The summed E-state index contributed by atoms with van der Waals surface area (Å²) in [7, 11) is 1.65. The highest BCUT2D eigenvalue weighted by Crippen LogP contribution is 2.18. The molecule has 6 nitrogen and oxygen atoms in total. The molecular weight excluding hydrogens is 284 g/mol. The Bertz CT molecular complexity index is 478. The van der Waals surface area contributed by atoms with Gasteiger partial charge in [-0.2, -0.15) is 0 Å². The summed E-state index contributed by atoms with van der Waals surface area (Å²) < 4.78 is 10.7. The van der Waals surface area contributed by atoms with E-state index in [0.717, 1.165) is 18.6 Å². The van der Waals surface area contributed by atoms with Crippen LogP contribution in [0, 0.1) is 0 Å². The fraction of sp³-hybridized carbons (Fsp3) is 0.562. The molecule has 0 aliphatic carbocycles. The Hall–Kier alpha value is -1.79. The largest absolute Gasteiger partial charge is 0.494 e. The smallest absolute Gasteiger partial charge is 0.322 e. The van der Waals surface area contributed by atoms with Crippen molar-refractivity contribution >= 4 is 11.7 Å². The Balaban J connectivity index is 1.85. The summed E-state index contributed by atoms with van der Waals surface area (Å²) in [5.74, 6) is 0.791. The first-order valence-corrected chi connectivity index (χ1v) is 7.64. The van der Waals surface area contributed by atoms with Gasteiger partial charge in [-0.3, -0.25) is 0 Å². The van der Waals surface area contributed by atoms with Crippen LogP contribution in [0.4, 0.5) is 10.5 Å². The molecule has 0 aromatic heterocycles. The minimum atomic E-state index is -0.634. The van der Waals surface area contributed by atoms with E-state index in [0.29, 0.717) is 18.9 Å². The molecule has 6 heteroatoms. The lowest BCUT2D eigenvalue weighted by atomic mass is 10.2. The zero-order valence-electron chi connectivity index (χ0n) is 13.1. The van der Waals surface area contributed by atoms with Gasteiger partial charge in [-0.05, 0) is 30.7 Å². The van der Waals surface area contributed by atoms with Gasteiger partial charge < -0.3 is 24.8 Å². The number of carbonyl (C=O) groups is 1. The van der Waals surface area contributed by atoms with Gasteiger partial charge >= 0.3 is 6.03 Å². The van der Waals surface area contributed by atoms with Crippen LogP contribution in [-0.2, 0) is 4.74 Å². The van der Waals surface area contributed by atoms with E-state index in [1.54, 1.807) is 19.2 Å². The summed E-state index contributed by atoms with van der Waals surface area (Å²) in [5.41, 5.74) is 0.688. The Labute approximate surface area is 131 Å². The lowest BCUT2D eigenvalue weighted by Gasteiger charge is -2.25. The number of nitrogens with zero attached hydrogens (tertiary/aromatic N) is 1. The molecule has 0 unspecified atom stereocenters. The van der Waals surface area contributed by atoms with Crippen LogP contribution in [0.1, 0.15) is 19.8 Å². The van der Waals surface area contributed by atoms with E-state index >= 15 is 0 Å². The number of anilines is 1. The third-order valence-electron chi connectivity index (χ3n) is 3.71. The van der Waals surface area contributed by atoms with Crippen LogP contribution in [0.15, 0.2) is 24.3 Å². The van der Waals surface area contributed by atoms with Crippen molar-refractivity contribution in [2.45, 2.75) is 31.9 Å². The summed E-state index contributed by atoms with van der Waals surface area (Å²) >= 11 is 0. The molecule has 1 aliphatic rings. The van der Waals surface area contributed by atoms with Gasteiger partial charge in [0.05, 0.1) is 32.0 Å². The number of likely N-dealkylation sites (N-methyl/N-ethyl adjacent to an activating group) is 1. The predicted octanol–water partition coefficient (Wildman–Crippen LogP) is 2.09. The van der Waals surface area contributed by atoms with Gasteiger partial charge in [0.25, 0.3) is 0 Å². The highest BCUT2D eigenvalue weighted by atomic mass is 16.5. The number of urea groups is 1. The number of nitrogens with one attached hydrogen (secondary N) is 1. The number of aliphatic hydroxyl groups is 1. The summed E-state index contributed by atoms with van der Waals surface area (Å²) in [6, 6.07) is 6.69. The third kappa shape index (κ3) is 4.35.